The summed E-state index contributed by atoms with van der Waals surface area (Å²) >= 11 is 5.96. The number of nitrogens with one attached hydrogen (secondary N) is 1. The van der Waals surface area contributed by atoms with E-state index in [-0.39, 0.29) is 5.91 Å². The van der Waals surface area contributed by atoms with Crippen molar-refractivity contribution in [3.8, 4) is 0 Å². The first-order valence-corrected chi connectivity index (χ1v) is 8.19. The highest BCUT2D eigenvalue weighted by atomic mass is 35.5. The predicted octanol–water partition coefficient (Wildman–Crippen LogP) is 3.78. The minimum atomic E-state index is 0.182. The summed E-state index contributed by atoms with van der Waals surface area (Å²) in [5, 5.41) is 3.08. The zero-order valence-corrected chi connectivity index (χ0v) is 12.7. The fourth-order valence-corrected chi connectivity index (χ4v) is 3.42. The first-order chi connectivity index (χ1) is 9.79. The molecule has 0 saturated heterocycles. The van der Waals surface area contributed by atoms with Crippen molar-refractivity contribution in [1.29, 1.82) is 0 Å². The molecule has 1 aromatic rings. The molecule has 2 nitrogen and oxygen atoms in total. The Balaban J connectivity index is 1.61. The molecule has 3 heteroatoms. The Kier molecular flexibility index (Phi) is 6.38. The summed E-state index contributed by atoms with van der Waals surface area (Å²) in [5.74, 6) is 2.10. The number of halogens is 1. The largest absolute Gasteiger partial charge is 0.356 e. The summed E-state index contributed by atoms with van der Waals surface area (Å²) in [6.45, 7) is 0.807. The number of aryl methyl sites for hydroxylation is 1. The van der Waals surface area contributed by atoms with Gasteiger partial charge in [-0.1, -0.05) is 36.8 Å². The van der Waals surface area contributed by atoms with E-state index in [4.69, 9.17) is 11.6 Å². The second-order valence-corrected chi connectivity index (χ2v) is 6.06. The van der Waals surface area contributed by atoms with Crippen LogP contribution in [-0.2, 0) is 11.2 Å². The molecule has 1 aliphatic rings. The zero-order chi connectivity index (χ0) is 14.2. The van der Waals surface area contributed by atoms with Crippen LogP contribution in [-0.4, -0.2) is 18.3 Å². The highest BCUT2D eigenvalue weighted by molar-refractivity contribution is 6.18. The van der Waals surface area contributed by atoms with E-state index in [0.29, 0.717) is 18.3 Å². The fraction of sp³-hybridized carbons (Fsp3) is 0.588. The third-order valence-corrected chi connectivity index (χ3v) is 4.68. The topological polar surface area (TPSA) is 29.1 Å². The van der Waals surface area contributed by atoms with Crippen molar-refractivity contribution in [2.75, 3.05) is 12.4 Å². The molecule has 0 aliphatic heterocycles. The molecule has 0 bridgehead atoms. The van der Waals surface area contributed by atoms with Gasteiger partial charge in [-0.15, -0.1) is 11.6 Å². The van der Waals surface area contributed by atoms with Crippen molar-refractivity contribution in [1.82, 2.24) is 5.32 Å². The number of alkyl halides is 1. The third-order valence-electron chi connectivity index (χ3n) is 4.29. The number of carbonyl (C=O) groups excluding carboxylic acids is 1. The lowest BCUT2D eigenvalue weighted by Gasteiger charge is -2.17. The van der Waals surface area contributed by atoms with Crippen LogP contribution in [0, 0.1) is 11.8 Å². The quantitative estimate of drug-likeness (QED) is 0.762. The molecule has 0 spiro atoms. The van der Waals surface area contributed by atoms with Crippen LogP contribution >= 0.6 is 11.6 Å². The van der Waals surface area contributed by atoms with Crippen molar-refractivity contribution in [2.24, 2.45) is 11.8 Å². The van der Waals surface area contributed by atoms with Gasteiger partial charge in [0.15, 0.2) is 0 Å². The van der Waals surface area contributed by atoms with Crippen LogP contribution < -0.4 is 5.32 Å². The third kappa shape index (κ3) is 4.82. The maximum atomic E-state index is 11.8. The molecular weight excluding hydrogens is 270 g/mol. The zero-order valence-electron chi connectivity index (χ0n) is 12.0. The lowest BCUT2D eigenvalue weighted by molar-refractivity contribution is -0.121. The minimum Gasteiger partial charge on any atom is -0.356 e. The second-order valence-electron chi connectivity index (χ2n) is 5.75. The van der Waals surface area contributed by atoms with Gasteiger partial charge in [-0.3, -0.25) is 4.79 Å². The monoisotopic (exact) mass is 293 g/mol. The number of hydrogen-bond acceptors (Lipinski definition) is 1. The number of rotatable bonds is 7. The summed E-state index contributed by atoms with van der Waals surface area (Å²) in [7, 11) is 0. The van der Waals surface area contributed by atoms with Crippen LogP contribution in [0.4, 0.5) is 0 Å². The van der Waals surface area contributed by atoms with Crippen LogP contribution in [0.5, 0.6) is 0 Å². The average molecular weight is 294 g/mol. The molecule has 1 amide bonds. The van der Waals surface area contributed by atoms with Crippen LogP contribution in [0.1, 0.15) is 37.7 Å². The van der Waals surface area contributed by atoms with Gasteiger partial charge in [0.25, 0.3) is 0 Å². The molecule has 1 aromatic carbocycles. The minimum absolute atomic E-state index is 0.182. The van der Waals surface area contributed by atoms with Gasteiger partial charge in [0, 0.05) is 18.8 Å². The van der Waals surface area contributed by atoms with E-state index in [1.807, 2.05) is 18.2 Å². The Morgan fingerprint density at radius 3 is 2.70 bits per heavy atom. The number of benzene rings is 1. The second kappa shape index (κ2) is 8.31. The van der Waals surface area contributed by atoms with Gasteiger partial charge >= 0.3 is 0 Å². The van der Waals surface area contributed by atoms with E-state index in [1.54, 1.807) is 0 Å². The lowest BCUT2D eigenvalue weighted by Crippen LogP contribution is -2.31. The highest BCUT2D eigenvalue weighted by Crippen LogP contribution is 2.31. The van der Waals surface area contributed by atoms with E-state index in [9.17, 15) is 4.79 Å². The maximum absolute atomic E-state index is 11.8. The molecule has 1 aliphatic carbocycles. The van der Waals surface area contributed by atoms with Crippen molar-refractivity contribution >= 4 is 17.5 Å². The van der Waals surface area contributed by atoms with E-state index >= 15 is 0 Å². The lowest BCUT2D eigenvalue weighted by atomic mass is 9.98. The van der Waals surface area contributed by atoms with Crippen molar-refractivity contribution in [2.45, 2.75) is 38.5 Å². The van der Waals surface area contributed by atoms with Crippen molar-refractivity contribution < 1.29 is 4.79 Å². The molecule has 0 aromatic heterocycles. The smallest absolute Gasteiger partial charge is 0.220 e. The Bertz CT molecular complexity index is 407. The molecule has 2 unspecified atom stereocenters. The molecule has 1 fully saturated rings. The molecule has 0 radical (unpaired) electrons. The summed E-state index contributed by atoms with van der Waals surface area (Å²) in [4.78, 5) is 11.8. The van der Waals surface area contributed by atoms with Crippen LogP contribution in [0.25, 0.3) is 0 Å². The molecule has 1 N–H and O–H groups in total. The molecular formula is C17H24ClNO. The van der Waals surface area contributed by atoms with Gasteiger partial charge in [-0.2, -0.15) is 0 Å². The van der Waals surface area contributed by atoms with Gasteiger partial charge < -0.3 is 5.32 Å². The van der Waals surface area contributed by atoms with Crippen molar-refractivity contribution in [3.05, 3.63) is 35.9 Å². The summed E-state index contributed by atoms with van der Waals surface area (Å²) < 4.78 is 0. The number of carbonyl (C=O) groups is 1. The summed E-state index contributed by atoms with van der Waals surface area (Å²) in [6, 6.07) is 10.3. The average Bonchev–Trinajstić information content (AvgIpc) is 2.94. The van der Waals surface area contributed by atoms with Crippen molar-refractivity contribution in [3.63, 3.8) is 0 Å². The summed E-state index contributed by atoms with van der Waals surface area (Å²) in [6.07, 6.45) is 6.19. The number of amides is 1. The maximum Gasteiger partial charge on any atom is 0.220 e. The van der Waals surface area contributed by atoms with Gasteiger partial charge in [-0.05, 0) is 43.1 Å². The van der Waals surface area contributed by atoms with E-state index < -0.39 is 0 Å². The standard InChI is InChI=1S/C17H24ClNO/c18-12-15-9-5-10-16(15)13-19-17(20)11-4-8-14-6-2-1-3-7-14/h1-3,6-7,15-16H,4-5,8-13H2,(H,19,20). The van der Waals surface area contributed by atoms with E-state index in [0.717, 1.165) is 25.3 Å². The first-order valence-electron chi connectivity index (χ1n) is 7.66. The molecule has 2 atom stereocenters. The Hall–Kier alpha value is -1.02. The van der Waals surface area contributed by atoms with Gasteiger partial charge in [0.2, 0.25) is 5.91 Å². The van der Waals surface area contributed by atoms with Gasteiger partial charge in [-0.25, -0.2) is 0 Å². The predicted molar refractivity (Wildman–Crippen MR) is 83.9 cm³/mol. The van der Waals surface area contributed by atoms with E-state index in [2.05, 4.69) is 17.4 Å². The van der Waals surface area contributed by atoms with Crippen LogP contribution in [0.2, 0.25) is 0 Å². The van der Waals surface area contributed by atoms with Gasteiger partial charge in [0.1, 0.15) is 0 Å². The van der Waals surface area contributed by atoms with Crippen LogP contribution in [0.3, 0.4) is 0 Å². The number of hydrogen-bond donors (Lipinski definition) is 1. The Labute approximate surface area is 126 Å². The SMILES string of the molecule is O=C(CCCc1ccccc1)NCC1CCCC1CCl. The Morgan fingerprint density at radius 1 is 1.20 bits per heavy atom. The molecule has 2 rings (SSSR count). The molecule has 110 valence electrons. The normalized spacial score (nSPS) is 21.9. The highest BCUT2D eigenvalue weighted by Gasteiger charge is 2.26. The molecule has 1 saturated carbocycles. The van der Waals surface area contributed by atoms with Crippen LogP contribution in [0.15, 0.2) is 30.3 Å². The van der Waals surface area contributed by atoms with E-state index in [1.165, 1.54) is 24.8 Å². The molecule has 0 heterocycles. The molecule has 20 heavy (non-hydrogen) atoms. The van der Waals surface area contributed by atoms with Gasteiger partial charge in [0.05, 0.1) is 0 Å². The first kappa shape index (κ1) is 15.4. The Morgan fingerprint density at radius 2 is 1.95 bits per heavy atom. The summed E-state index contributed by atoms with van der Waals surface area (Å²) in [5.41, 5.74) is 1.30. The fourth-order valence-electron chi connectivity index (χ4n) is 3.02.